The second-order valence-corrected chi connectivity index (χ2v) is 6.60. The SMILES string of the molecule is O=C(Cc1cccc(C(F)(F)F)c1)NCCn1cc(C(=O)NCc2ccccn2)nn1. The van der Waals surface area contributed by atoms with Gasteiger partial charge in [-0.05, 0) is 23.8 Å². The van der Waals surface area contributed by atoms with E-state index in [0.29, 0.717) is 5.69 Å². The van der Waals surface area contributed by atoms with Crippen molar-refractivity contribution in [2.75, 3.05) is 6.54 Å². The third kappa shape index (κ3) is 6.63. The van der Waals surface area contributed by atoms with E-state index < -0.39 is 23.6 Å². The largest absolute Gasteiger partial charge is 0.416 e. The second kappa shape index (κ2) is 9.83. The van der Waals surface area contributed by atoms with Crippen LogP contribution in [0.1, 0.15) is 27.3 Å². The quantitative estimate of drug-likeness (QED) is 0.567. The van der Waals surface area contributed by atoms with Gasteiger partial charge >= 0.3 is 6.18 Å². The van der Waals surface area contributed by atoms with E-state index >= 15 is 0 Å². The van der Waals surface area contributed by atoms with E-state index in [0.717, 1.165) is 12.1 Å². The molecule has 2 N–H and O–H groups in total. The van der Waals surface area contributed by atoms with E-state index in [2.05, 4.69) is 25.9 Å². The lowest BCUT2D eigenvalue weighted by Crippen LogP contribution is -2.28. The summed E-state index contributed by atoms with van der Waals surface area (Å²) in [4.78, 5) is 28.2. The molecule has 8 nitrogen and oxygen atoms in total. The molecule has 0 spiro atoms. The Labute approximate surface area is 175 Å². The van der Waals surface area contributed by atoms with Gasteiger partial charge in [0.1, 0.15) is 0 Å². The molecule has 0 saturated heterocycles. The molecule has 2 heterocycles. The average Bonchev–Trinajstić information content (AvgIpc) is 3.21. The minimum Gasteiger partial charge on any atom is -0.354 e. The number of nitrogens with zero attached hydrogens (tertiary/aromatic N) is 4. The van der Waals surface area contributed by atoms with Crippen molar-refractivity contribution in [3.63, 3.8) is 0 Å². The molecule has 0 radical (unpaired) electrons. The molecule has 1 aromatic carbocycles. The summed E-state index contributed by atoms with van der Waals surface area (Å²) in [5.41, 5.74) is 0.284. The Morgan fingerprint density at radius 1 is 1.06 bits per heavy atom. The number of nitrogens with one attached hydrogen (secondary N) is 2. The number of hydrogen-bond donors (Lipinski definition) is 2. The second-order valence-electron chi connectivity index (χ2n) is 6.60. The zero-order valence-electron chi connectivity index (χ0n) is 16.3. The van der Waals surface area contributed by atoms with Gasteiger partial charge < -0.3 is 10.6 Å². The van der Waals surface area contributed by atoms with Crippen molar-refractivity contribution in [2.24, 2.45) is 0 Å². The van der Waals surface area contributed by atoms with Gasteiger partial charge in [-0.3, -0.25) is 14.6 Å². The zero-order chi connectivity index (χ0) is 22.3. The van der Waals surface area contributed by atoms with E-state index in [1.807, 2.05) is 6.07 Å². The van der Waals surface area contributed by atoms with Crippen molar-refractivity contribution in [1.82, 2.24) is 30.6 Å². The standard InChI is InChI=1S/C20H19F3N6O2/c21-20(22,23)15-5-3-4-14(10-15)11-18(30)25-8-9-29-13-17(27-28-29)19(31)26-12-16-6-1-2-7-24-16/h1-7,10,13H,8-9,11-12H2,(H,25,30)(H,26,31). The maximum absolute atomic E-state index is 12.7. The fraction of sp³-hybridized carbons (Fsp3) is 0.250. The van der Waals surface area contributed by atoms with Crippen LogP contribution in [0, 0.1) is 0 Å². The Hall–Kier alpha value is -3.76. The van der Waals surface area contributed by atoms with E-state index in [9.17, 15) is 22.8 Å². The summed E-state index contributed by atoms with van der Waals surface area (Å²) < 4.78 is 39.6. The van der Waals surface area contributed by atoms with Crippen molar-refractivity contribution >= 4 is 11.8 Å². The summed E-state index contributed by atoms with van der Waals surface area (Å²) in [6.45, 7) is 0.670. The third-order valence-corrected chi connectivity index (χ3v) is 4.21. The van der Waals surface area contributed by atoms with Gasteiger partial charge in [0, 0.05) is 12.7 Å². The highest BCUT2D eigenvalue weighted by atomic mass is 19.4. The molecule has 0 bridgehead atoms. The Morgan fingerprint density at radius 2 is 1.90 bits per heavy atom. The zero-order valence-corrected chi connectivity index (χ0v) is 16.3. The number of aromatic nitrogens is 4. The number of benzene rings is 1. The topological polar surface area (TPSA) is 102 Å². The highest BCUT2D eigenvalue weighted by Crippen LogP contribution is 2.29. The predicted octanol–water partition coefficient (Wildman–Crippen LogP) is 1.98. The molecule has 0 fully saturated rings. The number of alkyl halides is 3. The van der Waals surface area contributed by atoms with Gasteiger partial charge in [0.05, 0.1) is 37.0 Å². The molecule has 11 heteroatoms. The Bertz CT molecular complexity index is 1040. The van der Waals surface area contributed by atoms with Crippen LogP contribution in [-0.2, 0) is 30.5 Å². The van der Waals surface area contributed by atoms with Crippen LogP contribution in [0.15, 0.2) is 54.9 Å². The van der Waals surface area contributed by atoms with E-state index in [-0.39, 0.29) is 37.3 Å². The number of pyridine rings is 1. The van der Waals surface area contributed by atoms with Gasteiger partial charge in [0.25, 0.3) is 5.91 Å². The lowest BCUT2D eigenvalue weighted by atomic mass is 10.1. The first kappa shape index (κ1) is 21.9. The normalized spacial score (nSPS) is 11.2. The van der Waals surface area contributed by atoms with Crippen LogP contribution in [0.3, 0.4) is 0 Å². The Kier molecular flexibility index (Phi) is 6.96. The van der Waals surface area contributed by atoms with E-state index in [1.54, 1.807) is 18.3 Å². The van der Waals surface area contributed by atoms with Crippen LogP contribution in [0.2, 0.25) is 0 Å². The number of amides is 2. The van der Waals surface area contributed by atoms with Crippen LogP contribution in [0.25, 0.3) is 0 Å². The Morgan fingerprint density at radius 3 is 2.65 bits per heavy atom. The highest BCUT2D eigenvalue weighted by Gasteiger charge is 2.30. The van der Waals surface area contributed by atoms with Crippen molar-refractivity contribution in [2.45, 2.75) is 25.7 Å². The number of hydrogen-bond acceptors (Lipinski definition) is 5. The van der Waals surface area contributed by atoms with Gasteiger partial charge in [-0.1, -0.05) is 29.5 Å². The molecule has 162 valence electrons. The first-order valence-electron chi connectivity index (χ1n) is 9.32. The minimum absolute atomic E-state index is 0.117. The number of carbonyl (C=O) groups excluding carboxylic acids is 2. The van der Waals surface area contributed by atoms with Crippen LogP contribution in [-0.4, -0.2) is 38.3 Å². The van der Waals surface area contributed by atoms with Gasteiger partial charge in [0.2, 0.25) is 5.91 Å². The molecule has 0 aliphatic heterocycles. The molecule has 2 amide bonds. The monoisotopic (exact) mass is 432 g/mol. The van der Waals surface area contributed by atoms with Gasteiger partial charge in [-0.25, -0.2) is 4.68 Å². The molecule has 0 atom stereocenters. The predicted molar refractivity (Wildman–Crippen MR) is 104 cm³/mol. The minimum atomic E-state index is -4.46. The number of rotatable bonds is 8. The van der Waals surface area contributed by atoms with Crippen LogP contribution in [0.5, 0.6) is 0 Å². The first-order chi connectivity index (χ1) is 14.8. The lowest BCUT2D eigenvalue weighted by molar-refractivity contribution is -0.137. The number of carbonyl (C=O) groups is 2. The van der Waals surface area contributed by atoms with E-state index in [1.165, 1.54) is 23.0 Å². The average molecular weight is 432 g/mol. The van der Waals surface area contributed by atoms with Crippen molar-refractivity contribution in [1.29, 1.82) is 0 Å². The lowest BCUT2D eigenvalue weighted by Gasteiger charge is -2.09. The summed E-state index contributed by atoms with van der Waals surface area (Å²) in [6, 6.07) is 9.99. The molecule has 0 aliphatic carbocycles. The third-order valence-electron chi connectivity index (χ3n) is 4.21. The molecule has 3 aromatic rings. The van der Waals surface area contributed by atoms with Gasteiger partial charge in [-0.15, -0.1) is 5.10 Å². The summed E-state index contributed by atoms with van der Waals surface area (Å²) in [5, 5.41) is 12.9. The van der Waals surface area contributed by atoms with Gasteiger partial charge in [0.15, 0.2) is 5.69 Å². The van der Waals surface area contributed by atoms with Crippen LogP contribution in [0.4, 0.5) is 13.2 Å². The molecule has 31 heavy (non-hydrogen) atoms. The molecule has 2 aromatic heterocycles. The van der Waals surface area contributed by atoms with Gasteiger partial charge in [-0.2, -0.15) is 13.2 Å². The maximum Gasteiger partial charge on any atom is 0.416 e. The van der Waals surface area contributed by atoms with Crippen LogP contribution < -0.4 is 10.6 Å². The fourth-order valence-corrected chi connectivity index (χ4v) is 2.69. The van der Waals surface area contributed by atoms with Crippen molar-refractivity contribution in [3.8, 4) is 0 Å². The maximum atomic E-state index is 12.7. The molecular formula is C20H19F3N6O2. The van der Waals surface area contributed by atoms with E-state index in [4.69, 9.17) is 0 Å². The molecule has 0 aliphatic rings. The molecular weight excluding hydrogens is 413 g/mol. The Balaban J connectivity index is 1.43. The van der Waals surface area contributed by atoms with Crippen LogP contribution >= 0.6 is 0 Å². The van der Waals surface area contributed by atoms with Crippen molar-refractivity contribution in [3.05, 3.63) is 77.4 Å². The summed E-state index contributed by atoms with van der Waals surface area (Å²) in [6.07, 6.45) is -1.57. The summed E-state index contributed by atoms with van der Waals surface area (Å²) in [7, 11) is 0. The van der Waals surface area contributed by atoms with Crippen molar-refractivity contribution < 1.29 is 22.8 Å². The first-order valence-corrected chi connectivity index (χ1v) is 9.32. The molecule has 0 unspecified atom stereocenters. The number of halogens is 3. The summed E-state index contributed by atoms with van der Waals surface area (Å²) in [5.74, 6) is -0.835. The molecule has 3 rings (SSSR count). The smallest absolute Gasteiger partial charge is 0.354 e. The highest BCUT2D eigenvalue weighted by molar-refractivity contribution is 5.91. The fourth-order valence-electron chi connectivity index (χ4n) is 2.69. The molecule has 0 saturated carbocycles. The summed E-state index contributed by atoms with van der Waals surface area (Å²) >= 11 is 0.